The largest absolute Gasteiger partial charge is 0.457 e. The highest BCUT2D eigenvalue weighted by Gasteiger charge is 2.37. The number of hydrogen-bond acceptors (Lipinski definition) is 7. The van der Waals surface area contributed by atoms with Crippen LogP contribution >= 0.6 is 50.5 Å². The summed E-state index contributed by atoms with van der Waals surface area (Å²) in [6.45, 7) is 20.2. The average Bonchev–Trinajstić information content (AvgIpc) is 0.673. The highest BCUT2D eigenvalue weighted by molar-refractivity contribution is 7.80. The first-order chi connectivity index (χ1) is 51.9. The fraction of sp³-hybridized carbons (Fsp3) is 0.354. The molecule has 0 atom stereocenters. The van der Waals surface area contributed by atoms with Gasteiger partial charge in [-0.25, -0.2) is 0 Å². The van der Waals surface area contributed by atoms with Gasteiger partial charge < -0.3 is 15.0 Å². The molecule has 0 spiro atoms. The van der Waals surface area contributed by atoms with Gasteiger partial charge in [-0.1, -0.05) is 228 Å². The fourth-order valence-corrected chi connectivity index (χ4v) is 20.6. The number of thiol groups is 4. The van der Waals surface area contributed by atoms with E-state index in [-0.39, 0.29) is 0 Å². The molecule has 5 aliphatic rings. The number of benzene rings is 11. The summed E-state index contributed by atoms with van der Waals surface area (Å²) in [5, 5.41) is 13.2. The molecule has 7 heteroatoms. The first kappa shape index (κ1) is 72.7. The van der Waals surface area contributed by atoms with E-state index in [4.69, 9.17) is 75.0 Å². The molecule has 0 aromatic heterocycles. The molecule has 0 radical (unpaired) electrons. The highest BCUT2D eigenvalue weighted by Crippen LogP contribution is 2.58. The predicted molar refractivity (Wildman–Crippen MR) is 465 cm³/mol. The fourth-order valence-electron chi connectivity index (χ4n) is 20.0. The zero-order chi connectivity index (χ0) is 72.4. The van der Waals surface area contributed by atoms with Crippen molar-refractivity contribution in [3.63, 3.8) is 0 Å². The van der Waals surface area contributed by atoms with Gasteiger partial charge in [-0.05, 0) is 274 Å². The lowest BCUT2D eigenvalue weighted by atomic mass is 9.74. The van der Waals surface area contributed by atoms with Gasteiger partial charge in [0.05, 0.1) is 5.69 Å². The van der Waals surface area contributed by atoms with Crippen LogP contribution in [0.25, 0.3) is 71.3 Å². The third-order valence-electron chi connectivity index (χ3n) is 25.5. The molecular formula is C99H106N2OS4. The van der Waals surface area contributed by atoms with E-state index in [1.807, 2.05) is 6.20 Å². The van der Waals surface area contributed by atoms with Crippen LogP contribution in [0.15, 0.2) is 210 Å². The van der Waals surface area contributed by atoms with Crippen LogP contribution in [0.5, 0.6) is 11.5 Å². The first-order valence-corrected chi connectivity index (χ1v) is 42.3. The molecular weight excluding hydrogens is 1360 g/mol. The highest BCUT2D eigenvalue weighted by atomic mass is 32.1. The molecule has 1 N–H and O–H groups in total. The minimum absolute atomic E-state index is 0.653. The Morgan fingerprint density at radius 2 is 0.745 bits per heavy atom. The Balaban J connectivity index is 1.06. The molecule has 542 valence electrons. The second-order valence-electron chi connectivity index (χ2n) is 32.4. The van der Waals surface area contributed by atoms with E-state index < -0.39 is 0 Å². The van der Waals surface area contributed by atoms with Crippen LogP contribution in [0.4, 0.5) is 5.69 Å². The molecule has 3 nitrogen and oxygen atoms in total. The molecule has 0 unspecified atom stereocenters. The van der Waals surface area contributed by atoms with E-state index in [1.165, 1.54) is 264 Å². The van der Waals surface area contributed by atoms with E-state index in [9.17, 15) is 0 Å². The molecule has 4 aliphatic carbocycles. The van der Waals surface area contributed by atoms with E-state index in [0.717, 1.165) is 120 Å². The number of rotatable bonds is 25. The molecule has 4 fully saturated rings. The van der Waals surface area contributed by atoms with Gasteiger partial charge in [0.25, 0.3) is 0 Å². The normalized spacial score (nSPS) is 16.5. The molecule has 0 amide bonds. The number of aryl methyl sites for hydroxylation is 4. The lowest BCUT2D eigenvalue weighted by molar-refractivity contribution is 0.338. The zero-order valence-electron chi connectivity index (χ0n) is 62.3. The number of nitrogens with zero attached hydrogens (tertiary/aromatic N) is 1. The van der Waals surface area contributed by atoms with Crippen molar-refractivity contribution in [2.75, 3.05) is 4.90 Å². The van der Waals surface area contributed by atoms with Gasteiger partial charge >= 0.3 is 0 Å². The van der Waals surface area contributed by atoms with Crippen LogP contribution in [-0.4, -0.2) is 0 Å². The summed E-state index contributed by atoms with van der Waals surface area (Å²) < 4.78 is 7.87. The van der Waals surface area contributed by atoms with Crippen molar-refractivity contribution < 1.29 is 4.74 Å². The molecule has 11 aromatic carbocycles. The Kier molecular flexibility index (Phi) is 22.4. The molecule has 1 heterocycles. The molecule has 4 saturated carbocycles. The Labute approximate surface area is 653 Å². The van der Waals surface area contributed by atoms with Crippen molar-refractivity contribution >= 4 is 116 Å². The van der Waals surface area contributed by atoms with Crippen LogP contribution < -0.4 is 15.0 Å². The summed E-state index contributed by atoms with van der Waals surface area (Å²) in [7, 11) is 0. The smallest absolute Gasteiger partial charge is 0.136 e. The Morgan fingerprint density at radius 3 is 1.17 bits per heavy atom. The average molecular weight is 1470 g/mol. The monoisotopic (exact) mass is 1470 g/mol. The summed E-state index contributed by atoms with van der Waals surface area (Å²) >= 11 is 19.7. The van der Waals surface area contributed by atoms with Gasteiger partial charge in [-0.3, -0.25) is 0 Å². The summed E-state index contributed by atoms with van der Waals surface area (Å²) in [5.74, 6) is 4.45. The topological polar surface area (TPSA) is 24.5 Å². The summed E-state index contributed by atoms with van der Waals surface area (Å²) in [4.78, 5) is 6.24. The standard InChI is InChI=1S/C99H106N2OS4/c1-5-100-63(2)85-59-77(56-70-36-48-81(103)49-37-70)91-92-78(57-71-38-50-82(104)51-39-71)60-86-64(3)101(99-75(44-34-68-24-14-8-15-25-68)30-19-31-76(99)45-35-69-26-16-9-17-27-69)65(4)87-62-89(102-80-46-54-84(106)55-47-80)96(98(92)95(86)87)93-79(58-72-40-52-83(105)53-41-72)61-88(94(85)97(91)93)90-73(42-32-66-20-10-6-11-21-66)28-18-29-74(90)43-33-67-22-12-7-13-23-67/h5,18-19,28-31,36-41,46-55,59-62,66-69,100,103-106H,1-4,6-17,20-27,32-35,42-45,56-58H2. The van der Waals surface area contributed by atoms with E-state index >= 15 is 0 Å². The van der Waals surface area contributed by atoms with Crippen molar-refractivity contribution in [3.05, 3.63) is 263 Å². The number of nitrogens with one attached hydrogen (secondary N) is 1. The van der Waals surface area contributed by atoms with Crippen molar-refractivity contribution in [1.29, 1.82) is 0 Å². The maximum absolute atomic E-state index is 7.87. The van der Waals surface area contributed by atoms with Crippen molar-refractivity contribution in [2.45, 2.75) is 219 Å². The number of hydrogen-bond donors (Lipinski definition) is 5. The van der Waals surface area contributed by atoms with Crippen LogP contribution in [0, 0.1) is 23.7 Å². The summed E-state index contributed by atoms with van der Waals surface area (Å²) in [6.07, 6.45) is 39.2. The van der Waals surface area contributed by atoms with Gasteiger partial charge in [-0.2, -0.15) is 0 Å². The number of fused-ring (bicyclic) bond motifs is 2. The first-order valence-electron chi connectivity index (χ1n) is 40.5. The number of para-hydroxylation sites is 1. The molecule has 0 saturated heterocycles. The number of ether oxygens (including phenoxy) is 1. The molecule has 11 aromatic rings. The SMILES string of the molecule is C=CNC(=C)c1cc(Cc2ccc(S)cc2)c2c3c(Cc4ccc(S)cc4)cc4c5c(cc(Oc6ccc(S)cc6)c(c6c(Cc7ccc(S)cc7)cc(-c7c(CCC8CCCCC8)cccc7CCC7CCCCC7)c1c26)c53)C(=C)N(c1c(CCC2CCCCC2)cccc1CCC1CCCCC1)C4=C. The lowest BCUT2D eigenvalue weighted by Crippen LogP contribution is -2.26. The van der Waals surface area contributed by atoms with E-state index in [1.54, 1.807) is 0 Å². The number of anilines is 1. The minimum Gasteiger partial charge on any atom is -0.457 e. The van der Waals surface area contributed by atoms with Crippen LogP contribution in [0.1, 0.15) is 226 Å². The maximum atomic E-state index is 7.87. The Bertz CT molecular complexity index is 4860. The third kappa shape index (κ3) is 15.3. The van der Waals surface area contributed by atoms with Gasteiger partial charge in [0.15, 0.2) is 0 Å². The third-order valence-corrected chi connectivity index (χ3v) is 26.7. The van der Waals surface area contributed by atoms with E-state index in [2.05, 4.69) is 175 Å². The van der Waals surface area contributed by atoms with Crippen molar-refractivity contribution in [3.8, 4) is 22.6 Å². The molecule has 1 aliphatic heterocycles. The van der Waals surface area contributed by atoms with Crippen molar-refractivity contribution in [1.82, 2.24) is 5.32 Å². The van der Waals surface area contributed by atoms with Gasteiger partial charge in [0.1, 0.15) is 11.5 Å². The van der Waals surface area contributed by atoms with Gasteiger partial charge in [-0.15, -0.1) is 50.5 Å². The molecule has 106 heavy (non-hydrogen) atoms. The molecule has 16 rings (SSSR count). The van der Waals surface area contributed by atoms with Crippen molar-refractivity contribution in [2.24, 2.45) is 23.7 Å². The minimum atomic E-state index is 0.653. The maximum Gasteiger partial charge on any atom is 0.136 e. The van der Waals surface area contributed by atoms with Crippen LogP contribution in [0.2, 0.25) is 0 Å². The summed E-state index contributed by atoms with van der Waals surface area (Å²) in [6, 6.07) is 59.8. The predicted octanol–water partition coefficient (Wildman–Crippen LogP) is 28.3. The summed E-state index contributed by atoms with van der Waals surface area (Å²) in [5.41, 5.74) is 23.0. The van der Waals surface area contributed by atoms with Crippen LogP contribution in [-0.2, 0) is 44.9 Å². The van der Waals surface area contributed by atoms with Gasteiger partial charge in [0.2, 0.25) is 0 Å². The van der Waals surface area contributed by atoms with E-state index in [0.29, 0.717) is 19.3 Å². The Morgan fingerprint density at radius 1 is 0.387 bits per heavy atom. The lowest BCUT2D eigenvalue weighted by Gasteiger charge is -2.39. The molecule has 0 bridgehead atoms. The second-order valence-corrected chi connectivity index (χ2v) is 34.5. The second kappa shape index (κ2) is 32.7. The zero-order valence-corrected chi connectivity index (χ0v) is 65.9. The van der Waals surface area contributed by atoms with Gasteiger partial charge in [0, 0.05) is 74.9 Å². The quantitative estimate of drug-likeness (QED) is 0.0224. The van der Waals surface area contributed by atoms with Crippen LogP contribution in [0.3, 0.4) is 0 Å². The Hall–Kier alpha value is -7.52.